The fourth-order valence-corrected chi connectivity index (χ4v) is 2.11. The molecule has 0 saturated heterocycles. The summed E-state index contributed by atoms with van der Waals surface area (Å²) in [5.41, 5.74) is 6.19. The second-order valence-corrected chi connectivity index (χ2v) is 5.38. The van der Waals surface area contributed by atoms with E-state index in [1.807, 2.05) is 13.8 Å². The van der Waals surface area contributed by atoms with Crippen molar-refractivity contribution in [3.8, 4) is 0 Å². The fraction of sp³-hybridized carbons (Fsp3) is 0.533. The first-order valence-corrected chi connectivity index (χ1v) is 6.71. The number of rotatable bonds is 5. The Morgan fingerprint density at radius 2 is 1.85 bits per heavy atom. The molecule has 20 heavy (non-hydrogen) atoms. The van der Waals surface area contributed by atoms with Crippen molar-refractivity contribution in [1.82, 2.24) is 4.90 Å². The third-order valence-corrected chi connectivity index (χ3v) is 3.73. The van der Waals surface area contributed by atoms with Gasteiger partial charge in [-0.15, -0.1) is 0 Å². The van der Waals surface area contributed by atoms with E-state index in [0.29, 0.717) is 5.56 Å². The molecule has 1 amide bonds. The Morgan fingerprint density at radius 3 is 2.30 bits per heavy atom. The molecule has 0 radical (unpaired) electrons. The SMILES string of the molecule is CC(C)C(CN)C(=O)N(C)C(C)c1ccc(F)c(F)c1. The van der Waals surface area contributed by atoms with E-state index in [1.54, 1.807) is 14.0 Å². The molecule has 0 heterocycles. The molecule has 0 spiro atoms. The third kappa shape index (κ3) is 3.54. The Bertz CT molecular complexity index is 477. The number of amides is 1. The highest BCUT2D eigenvalue weighted by Gasteiger charge is 2.27. The fourth-order valence-electron chi connectivity index (χ4n) is 2.11. The molecule has 0 aromatic heterocycles. The number of carbonyl (C=O) groups is 1. The van der Waals surface area contributed by atoms with E-state index in [1.165, 1.54) is 11.0 Å². The zero-order valence-corrected chi connectivity index (χ0v) is 12.4. The van der Waals surface area contributed by atoms with Crippen LogP contribution in [0.5, 0.6) is 0 Å². The summed E-state index contributed by atoms with van der Waals surface area (Å²) in [7, 11) is 1.65. The average molecular weight is 284 g/mol. The normalized spacial score (nSPS) is 14.2. The first-order valence-electron chi connectivity index (χ1n) is 6.71. The summed E-state index contributed by atoms with van der Waals surface area (Å²) in [4.78, 5) is 13.9. The van der Waals surface area contributed by atoms with E-state index in [-0.39, 0.29) is 30.3 Å². The number of hydrogen-bond donors (Lipinski definition) is 1. The molecule has 1 aromatic carbocycles. The summed E-state index contributed by atoms with van der Waals surface area (Å²) < 4.78 is 26.2. The highest BCUT2D eigenvalue weighted by atomic mass is 19.2. The maximum absolute atomic E-state index is 13.3. The molecule has 5 heteroatoms. The molecule has 2 atom stereocenters. The second-order valence-electron chi connectivity index (χ2n) is 5.38. The van der Waals surface area contributed by atoms with Gasteiger partial charge in [-0.25, -0.2) is 8.78 Å². The zero-order valence-electron chi connectivity index (χ0n) is 12.4. The van der Waals surface area contributed by atoms with Gasteiger partial charge in [0.2, 0.25) is 5.91 Å². The van der Waals surface area contributed by atoms with Crippen molar-refractivity contribution < 1.29 is 13.6 Å². The van der Waals surface area contributed by atoms with Crippen LogP contribution < -0.4 is 5.73 Å². The molecule has 0 saturated carbocycles. The maximum atomic E-state index is 13.3. The molecular weight excluding hydrogens is 262 g/mol. The number of benzene rings is 1. The summed E-state index contributed by atoms with van der Waals surface area (Å²) in [6.07, 6.45) is 0. The van der Waals surface area contributed by atoms with Crippen LogP contribution in [-0.2, 0) is 4.79 Å². The molecule has 0 fully saturated rings. The quantitative estimate of drug-likeness (QED) is 0.903. The van der Waals surface area contributed by atoms with Crippen LogP contribution in [0.25, 0.3) is 0 Å². The predicted octanol–water partition coefficient (Wildman–Crippen LogP) is 2.72. The molecule has 0 aliphatic carbocycles. The van der Waals surface area contributed by atoms with Gasteiger partial charge >= 0.3 is 0 Å². The molecule has 0 bridgehead atoms. The minimum absolute atomic E-state index is 0.0836. The highest BCUT2D eigenvalue weighted by Crippen LogP contribution is 2.24. The van der Waals surface area contributed by atoms with E-state index >= 15 is 0 Å². The Morgan fingerprint density at radius 1 is 1.25 bits per heavy atom. The molecule has 2 N–H and O–H groups in total. The van der Waals surface area contributed by atoms with Crippen LogP contribution in [0.2, 0.25) is 0 Å². The van der Waals surface area contributed by atoms with Gasteiger partial charge in [-0.05, 0) is 30.5 Å². The van der Waals surface area contributed by atoms with Crippen molar-refractivity contribution in [3.05, 3.63) is 35.4 Å². The monoisotopic (exact) mass is 284 g/mol. The first kappa shape index (κ1) is 16.6. The molecule has 112 valence electrons. The van der Waals surface area contributed by atoms with Crippen LogP contribution in [0, 0.1) is 23.5 Å². The third-order valence-electron chi connectivity index (χ3n) is 3.73. The number of hydrogen-bond acceptors (Lipinski definition) is 2. The van der Waals surface area contributed by atoms with Crippen molar-refractivity contribution in [2.45, 2.75) is 26.8 Å². The van der Waals surface area contributed by atoms with E-state index in [9.17, 15) is 13.6 Å². The van der Waals surface area contributed by atoms with Gasteiger partial charge in [0.25, 0.3) is 0 Å². The maximum Gasteiger partial charge on any atom is 0.227 e. The Kier molecular flexibility index (Phi) is 5.62. The second kappa shape index (κ2) is 6.79. The van der Waals surface area contributed by atoms with Gasteiger partial charge in [0.15, 0.2) is 11.6 Å². The first-order chi connectivity index (χ1) is 9.29. The number of halogens is 2. The van der Waals surface area contributed by atoms with E-state index in [4.69, 9.17) is 5.73 Å². The molecule has 1 rings (SSSR count). The lowest BCUT2D eigenvalue weighted by molar-refractivity contribution is -0.137. The topological polar surface area (TPSA) is 46.3 Å². The van der Waals surface area contributed by atoms with Gasteiger partial charge in [-0.1, -0.05) is 19.9 Å². The Balaban J connectivity index is 2.92. The van der Waals surface area contributed by atoms with E-state index in [0.717, 1.165) is 12.1 Å². The standard InChI is InChI=1S/C15H22F2N2O/c1-9(2)12(8-18)15(20)19(4)10(3)11-5-6-13(16)14(17)7-11/h5-7,9-10,12H,8,18H2,1-4H3. The van der Waals surface area contributed by atoms with Crippen molar-refractivity contribution >= 4 is 5.91 Å². The summed E-state index contributed by atoms with van der Waals surface area (Å²) >= 11 is 0. The van der Waals surface area contributed by atoms with Crippen LogP contribution in [0.4, 0.5) is 8.78 Å². The molecular formula is C15H22F2N2O. The van der Waals surface area contributed by atoms with Crippen LogP contribution in [0.15, 0.2) is 18.2 Å². The lowest BCUT2D eigenvalue weighted by atomic mass is 9.93. The van der Waals surface area contributed by atoms with Crippen molar-refractivity contribution in [1.29, 1.82) is 0 Å². The van der Waals surface area contributed by atoms with Gasteiger partial charge in [0, 0.05) is 13.6 Å². The summed E-state index contributed by atoms with van der Waals surface area (Å²) in [6, 6.07) is 3.34. The van der Waals surface area contributed by atoms with Crippen LogP contribution in [0.3, 0.4) is 0 Å². The summed E-state index contributed by atoms with van der Waals surface area (Å²) in [6.45, 7) is 5.92. The lowest BCUT2D eigenvalue weighted by Gasteiger charge is -2.30. The van der Waals surface area contributed by atoms with Gasteiger partial charge in [-0.2, -0.15) is 0 Å². The van der Waals surface area contributed by atoms with Crippen LogP contribution in [0.1, 0.15) is 32.4 Å². The summed E-state index contributed by atoms with van der Waals surface area (Å²) in [5, 5.41) is 0. The molecule has 2 unspecified atom stereocenters. The number of nitrogens with zero attached hydrogens (tertiary/aromatic N) is 1. The van der Waals surface area contributed by atoms with Crippen LogP contribution >= 0.6 is 0 Å². The van der Waals surface area contributed by atoms with E-state index in [2.05, 4.69) is 0 Å². The predicted molar refractivity (Wildman–Crippen MR) is 74.9 cm³/mol. The molecule has 0 aliphatic rings. The molecule has 1 aromatic rings. The van der Waals surface area contributed by atoms with Gasteiger partial charge in [0.1, 0.15) is 0 Å². The van der Waals surface area contributed by atoms with Gasteiger partial charge in [0.05, 0.1) is 12.0 Å². The van der Waals surface area contributed by atoms with Crippen molar-refractivity contribution in [2.75, 3.05) is 13.6 Å². The largest absolute Gasteiger partial charge is 0.339 e. The van der Waals surface area contributed by atoms with E-state index < -0.39 is 11.6 Å². The minimum atomic E-state index is -0.908. The lowest BCUT2D eigenvalue weighted by Crippen LogP contribution is -2.40. The summed E-state index contributed by atoms with van der Waals surface area (Å²) in [5.74, 6) is -2.02. The Hall–Kier alpha value is -1.49. The Labute approximate surface area is 118 Å². The molecule has 0 aliphatic heterocycles. The van der Waals surface area contributed by atoms with Crippen LogP contribution in [-0.4, -0.2) is 24.4 Å². The van der Waals surface area contributed by atoms with Gasteiger partial charge < -0.3 is 10.6 Å². The number of carbonyl (C=O) groups excluding carboxylic acids is 1. The minimum Gasteiger partial charge on any atom is -0.339 e. The average Bonchev–Trinajstić information content (AvgIpc) is 2.40. The van der Waals surface area contributed by atoms with Crippen molar-refractivity contribution in [3.63, 3.8) is 0 Å². The highest BCUT2D eigenvalue weighted by molar-refractivity contribution is 5.79. The smallest absolute Gasteiger partial charge is 0.227 e. The zero-order chi connectivity index (χ0) is 15.4. The van der Waals surface area contributed by atoms with Gasteiger partial charge in [-0.3, -0.25) is 4.79 Å². The van der Waals surface area contributed by atoms with Crippen molar-refractivity contribution in [2.24, 2.45) is 17.6 Å². The number of nitrogens with two attached hydrogens (primary N) is 1. The molecule has 3 nitrogen and oxygen atoms in total.